The quantitative estimate of drug-likeness (QED) is 0.521. The van der Waals surface area contributed by atoms with Crippen molar-refractivity contribution in [2.45, 2.75) is 6.18 Å². The van der Waals surface area contributed by atoms with Crippen LogP contribution in [0.5, 0.6) is 0 Å². The van der Waals surface area contributed by atoms with Crippen molar-refractivity contribution in [1.29, 1.82) is 0 Å². The molecule has 16 heavy (non-hydrogen) atoms. The predicted octanol–water partition coefficient (Wildman–Crippen LogP) is 0.585. The fourth-order valence-electron chi connectivity index (χ4n) is 0.916. The largest absolute Gasteiger partial charge is 0.480 e. The van der Waals surface area contributed by atoms with Gasteiger partial charge in [-0.2, -0.15) is 13.2 Å². The van der Waals surface area contributed by atoms with Gasteiger partial charge in [0, 0.05) is 6.54 Å². The molecule has 0 saturated carbocycles. The summed E-state index contributed by atoms with van der Waals surface area (Å²) in [6, 6.07) is 0. The van der Waals surface area contributed by atoms with Gasteiger partial charge < -0.3 is 9.84 Å². The Labute approximate surface area is 91.0 Å². The lowest BCUT2D eigenvalue weighted by Gasteiger charge is -2.17. The Balaban J connectivity index is 3.77. The Morgan fingerprint density at radius 1 is 1.50 bits per heavy atom. The molecule has 0 radical (unpaired) electrons. The first-order valence-electron chi connectivity index (χ1n) is 4.37. The second-order valence-electron chi connectivity index (χ2n) is 2.98. The Morgan fingerprint density at radius 3 is 2.56 bits per heavy atom. The monoisotopic (exact) mass is 239 g/mol. The molecule has 0 heterocycles. The molecule has 0 unspecified atom stereocenters. The Morgan fingerprint density at radius 2 is 2.12 bits per heavy atom. The Hall–Kier alpha value is -1.26. The molecule has 0 rings (SSSR count). The van der Waals surface area contributed by atoms with Gasteiger partial charge >= 0.3 is 12.1 Å². The minimum Gasteiger partial charge on any atom is -0.480 e. The van der Waals surface area contributed by atoms with E-state index in [1.807, 2.05) is 0 Å². The van der Waals surface area contributed by atoms with Gasteiger partial charge in [-0.15, -0.1) is 6.42 Å². The van der Waals surface area contributed by atoms with E-state index in [2.05, 4.69) is 10.7 Å². The number of rotatable bonds is 7. The van der Waals surface area contributed by atoms with Crippen LogP contribution in [-0.2, 0) is 9.53 Å². The van der Waals surface area contributed by atoms with Crippen LogP contribution in [0.15, 0.2) is 0 Å². The first-order chi connectivity index (χ1) is 7.35. The summed E-state index contributed by atoms with van der Waals surface area (Å²) in [5.41, 5.74) is 0. The molecule has 0 aliphatic heterocycles. The van der Waals surface area contributed by atoms with E-state index in [1.54, 1.807) is 0 Å². The number of hydrogen-bond acceptors (Lipinski definition) is 3. The maximum Gasteiger partial charge on any atom is 0.411 e. The highest BCUT2D eigenvalue weighted by Gasteiger charge is 2.27. The summed E-state index contributed by atoms with van der Waals surface area (Å²) < 4.78 is 39.3. The summed E-state index contributed by atoms with van der Waals surface area (Å²) in [6.07, 6.45) is 0.602. The smallest absolute Gasteiger partial charge is 0.411 e. The molecular formula is C9H12F3NO3. The zero-order valence-corrected chi connectivity index (χ0v) is 8.46. The van der Waals surface area contributed by atoms with Gasteiger partial charge in [0.2, 0.25) is 0 Å². The molecule has 0 aromatic carbocycles. The molecule has 0 amide bonds. The van der Waals surface area contributed by atoms with Crippen LogP contribution in [0.25, 0.3) is 0 Å². The maximum atomic E-state index is 11.7. The van der Waals surface area contributed by atoms with Gasteiger partial charge in [-0.1, -0.05) is 5.92 Å². The molecule has 0 atom stereocenters. The number of ether oxygens (including phenoxy) is 1. The third-order valence-corrected chi connectivity index (χ3v) is 1.49. The van der Waals surface area contributed by atoms with Crippen molar-refractivity contribution >= 4 is 5.97 Å². The first kappa shape index (κ1) is 14.7. The first-order valence-corrected chi connectivity index (χ1v) is 4.37. The SMILES string of the molecule is C#CCN(CCOCC(F)(F)F)CC(=O)O. The molecule has 1 N–H and O–H groups in total. The van der Waals surface area contributed by atoms with Crippen molar-refractivity contribution in [3.8, 4) is 12.3 Å². The molecule has 4 nitrogen and oxygen atoms in total. The number of alkyl halides is 3. The molecule has 7 heteroatoms. The molecule has 0 aliphatic carbocycles. The lowest BCUT2D eigenvalue weighted by molar-refractivity contribution is -0.174. The molecule has 0 bridgehead atoms. The van der Waals surface area contributed by atoms with Crippen LogP contribution in [0.1, 0.15) is 0 Å². The van der Waals surface area contributed by atoms with Crippen LogP contribution in [0.2, 0.25) is 0 Å². The van der Waals surface area contributed by atoms with E-state index in [0.29, 0.717) is 0 Å². The van der Waals surface area contributed by atoms with E-state index >= 15 is 0 Å². The number of carbonyl (C=O) groups is 1. The highest BCUT2D eigenvalue weighted by molar-refractivity contribution is 5.69. The van der Waals surface area contributed by atoms with Crippen molar-refractivity contribution in [1.82, 2.24) is 4.90 Å². The molecule has 0 aliphatic rings. The zero-order valence-electron chi connectivity index (χ0n) is 8.46. The van der Waals surface area contributed by atoms with Crippen LogP contribution in [-0.4, -0.2) is 55.0 Å². The number of carboxylic acids is 1. The second-order valence-corrected chi connectivity index (χ2v) is 2.98. The van der Waals surface area contributed by atoms with Crippen molar-refractivity contribution in [3.63, 3.8) is 0 Å². The zero-order chi connectivity index (χ0) is 12.6. The van der Waals surface area contributed by atoms with Gasteiger partial charge in [-0.25, -0.2) is 0 Å². The molecule has 92 valence electrons. The average Bonchev–Trinajstić information content (AvgIpc) is 2.10. The highest BCUT2D eigenvalue weighted by atomic mass is 19.4. The second kappa shape index (κ2) is 7.09. The minimum atomic E-state index is -4.37. The number of halogens is 3. The highest BCUT2D eigenvalue weighted by Crippen LogP contribution is 2.14. The molecule has 0 fully saturated rings. The van der Waals surface area contributed by atoms with Crippen molar-refractivity contribution in [2.24, 2.45) is 0 Å². The van der Waals surface area contributed by atoms with Crippen molar-refractivity contribution in [3.05, 3.63) is 0 Å². The van der Waals surface area contributed by atoms with Crippen molar-refractivity contribution in [2.75, 3.05) is 32.8 Å². The summed E-state index contributed by atoms with van der Waals surface area (Å²) in [7, 11) is 0. The van der Waals surface area contributed by atoms with Crippen LogP contribution >= 0.6 is 0 Å². The number of aliphatic carboxylic acids is 1. The predicted molar refractivity (Wildman–Crippen MR) is 49.8 cm³/mol. The maximum absolute atomic E-state index is 11.7. The molecule has 0 spiro atoms. The van der Waals surface area contributed by atoms with Gasteiger partial charge in [-0.3, -0.25) is 9.69 Å². The average molecular weight is 239 g/mol. The molecular weight excluding hydrogens is 227 g/mol. The van der Waals surface area contributed by atoms with E-state index in [4.69, 9.17) is 11.5 Å². The number of nitrogens with zero attached hydrogens (tertiary/aromatic N) is 1. The van der Waals surface area contributed by atoms with E-state index in [1.165, 1.54) is 4.90 Å². The van der Waals surface area contributed by atoms with Crippen LogP contribution in [0.4, 0.5) is 13.2 Å². The van der Waals surface area contributed by atoms with Crippen molar-refractivity contribution < 1.29 is 27.8 Å². The third kappa shape index (κ3) is 9.30. The van der Waals surface area contributed by atoms with E-state index in [9.17, 15) is 18.0 Å². The summed E-state index contributed by atoms with van der Waals surface area (Å²) in [5, 5.41) is 8.47. The Bertz CT molecular complexity index is 260. The lowest BCUT2D eigenvalue weighted by atomic mass is 10.4. The van der Waals surface area contributed by atoms with Crippen LogP contribution < -0.4 is 0 Å². The molecule has 0 aromatic heterocycles. The van der Waals surface area contributed by atoms with Gasteiger partial charge in [0.15, 0.2) is 0 Å². The summed E-state index contributed by atoms with van der Waals surface area (Å²) in [5.74, 6) is 1.12. The van der Waals surface area contributed by atoms with Gasteiger partial charge in [0.05, 0.1) is 19.7 Å². The normalized spacial score (nSPS) is 11.4. The van der Waals surface area contributed by atoms with E-state index < -0.39 is 18.8 Å². The van der Waals surface area contributed by atoms with E-state index in [0.717, 1.165) is 0 Å². The van der Waals surface area contributed by atoms with E-state index in [-0.39, 0.29) is 26.2 Å². The van der Waals surface area contributed by atoms with Crippen LogP contribution in [0.3, 0.4) is 0 Å². The third-order valence-electron chi connectivity index (χ3n) is 1.49. The summed E-state index contributed by atoms with van der Waals surface area (Å²) in [4.78, 5) is 11.6. The summed E-state index contributed by atoms with van der Waals surface area (Å²) in [6.45, 7) is -1.77. The van der Waals surface area contributed by atoms with Gasteiger partial charge in [0.25, 0.3) is 0 Å². The number of hydrogen-bond donors (Lipinski definition) is 1. The van der Waals surface area contributed by atoms with Crippen LogP contribution in [0, 0.1) is 12.3 Å². The standard InChI is InChI=1S/C9H12F3NO3/c1-2-3-13(6-8(14)15)4-5-16-7-9(10,11)12/h1H,3-7H2,(H,14,15). The fourth-order valence-corrected chi connectivity index (χ4v) is 0.916. The lowest BCUT2D eigenvalue weighted by Crippen LogP contribution is -2.33. The fraction of sp³-hybridized carbons (Fsp3) is 0.667. The molecule has 0 aromatic rings. The molecule has 0 saturated heterocycles. The summed E-state index contributed by atoms with van der Waals surface area (Å²) >= 11 is 0. The number of carboxylic acid groups (broad SMARTS) is 1. The van der Waals surface area contributed by atoms with Gasteiger partial charge in [0.1, 0.15) is 6.61 Å². The number of terminal acetylenes is 1. The topological polar surface area (TPSA) is 49.8 Å². The minimum absolute atomic E-state index is 0.0482. The Kier molecular flexibility index (Phi) is 6.53. The van der Waals surface area contributed by atoms with Gasteiger partial charge in [-0.05, 0) is 0 Å².